The molecule has 1 aliphatic rings. The smallest absolute Gasteiger partial charge is 0.374 e. The molecule has 0 unspecified atom stereocenters. The maximum atomic E-state index is 12.3. The van der Waals surface area contributed by atoms with Crippen LogP contribution >= 0.6 is 0 Å². The predicted molar refractivity (Wildman–Crippen MR) is 90.8 cm³/mol. The van der Waals surface area contributed by atoms with E-state index >= 15 is 0 Å². The number of imidazole rings is 1. The molecule has 0 saturated heterocycles. The lowest BCUT2D eigenvalue weighted by Crippen LogP contribution is -2.18. The normalized spacial score (nSPS) is 13.9. The van der Waals surface area contributed by atoms with Crippen LogP contribution in [0.15, 0.2) is 24.4 Å². The molecule has 2 aromatic heterocycles. The number of fused-ring (bicyclic) bond motifs is 2. The molecule has 24 heavy (non-hydrogen) atoms. The quantitative estimate of drug-likeness (QED) is 0.695. The minimum absolute atomic E-state index is 0.343. The molecule has 6 nitrogen and oxygen atoms in total. The summed E-state index contributed by atoms with van der Waals surface area (Å²) < 4.78 is 9.10. The Morgan fingerprint density at radius 1 is 1.33 bits per heavy atom. The van der Waals surface area contributed by atoms with E-state index in [1.54, 1.807) is 0 Å². The molecule has 1 aromatic carbocycles. The minimum atomic E-state index is -0.343. The summed E-state index contributed by atoms with van der Waals surface area (Å²) in [4.78, 5) is 17.0. The van der Waals surface area contributed by atoms with Crippen LogP contribution in [0, 0.1) is 0 Å². The van der Waals surface area contributed by atoms with Crippen LogP contribution in [0.2, 0.25) is 0 Å². The van der Waals surface area contributed by atoms with Gasteiger partial charge >= 0.3 is 5.97 Å². The van der Waals surface area contributed by atoms with Crippen LogP contribution < -0.4 is 0 Å². The fourth-order valence-electron chi connectivity index (χ4n) is 3.53. The third kappa shape index (κ3) is 2.21. The molecule has 124 valence electrons. The molecule has 0 N–H and O–H groups in total. The molecule has 0 radical (unpaired) electrons. The zero-order chi connectivity index (χ0) is 16.7. The molecule has 3 aromatic rings. The van der Waals surface area contributed by atoms with E-state index in [0.29, 0.717) is 12.4 Å². The van der Waals surface area contributed by atoms with Crippen LogP contribution in [0.1, 0.15) is 36.1 Å². The van der Waals surface area contributed by atoms with Crippen LogP contribution in [0.4, 0.5) is 0 Å². The van der Waals surface area contributed by atoms with Crippen molar-refractivity contribution in [2.75, 3.05) is 6.61 Å². The first kappa shape index (κ1) is 14.9. The van der Waals surface area contributed by atoms with Gasteiger partial charge < -0.3 is 9.30 Å². The number of ether oxygens (including phenoxy) is 1. The molecule has 0 amide bonds. The van der Waals surface area contributed by atoms with E-state index in [2.05, 4.69) is 11.2 Å². The highest BCUT2D eigenvalue weighted by molar-refractivity contribution is 5.95. The number of carbonyl (C=O) groups is 1. The first-order chi connectivity index (χ1) is 11.7. The van der Waals surface area contributed by atoms with Crippen LogP contribution in [0.5, 0.6) is 0 Å². The van der Waals surface area contributed by atoms with E-state index in [0.717, 1.165) is 53.7 Å². The van der Waals surface area contributed by atoms with E-state index in [1.165, 1.54) is 0 Å². The minimum Gasteiger partial charge on any atom is -0.460 e. The molecule has 0 bridgehead atoms. The Balaban J connectivity index is 1.95. The van der Waals surface area contributed by atoms with Gasteiger partial charge in [0.1, 0.15) is 0 Å². The number of hydrogen-bond acceptors (Lipinski definition) is 4. The van der Waals surface area contributed by atoms with Crippen molar-refractivity contribution in [1.82, 2.24) is 19.3 Å². The van der Waals surface area contributed by atoms with Crippen molar-refractivity contribution in [3.8, 4) is 11.3 Å². The highest BCUT2D eigenvalue weighted by atomic mass is 16.5. The largest absolute Gasteiger partial charge is 0.460 e. The van der Waals surface area contributed by atoms with Gasteiger partial charge in [0, 0.05) is 30.2 Å². The summed E-state index contributed by atoms with van der Waals surface area (Å²) in [5.74, 6) is 0.0739. The van der Waals surface area contributed by atoms with Crippen molar-refractivity contribution in [1.29, 1.82) is 0 Å². The van der Waals surface area contributed by atoms with Gasteiger partial charge in [-0.3, -0.25) is 4.68 Å². The topological polar surface area (TPSA) is 61.9 Å². The number of aryl methyl sites for hydroxylation is 1. The van der Waals surface area contributed by atoms with E-state index in [-0.39, 0.29) is 5.97 Å². The molecule has 3 heterocycles. The Bertz CT molecular complexity index is 923. The van der Waals surface area contributed by atoms with Gasteiger partial charge in [0.25, 0.3) is 0 Å². The van der Waals surface area contributed by atoms with Gasteiger partial charge in [0.2, 0.25) is 5.82 Å². The average Bonchev–Trinajstić information content (AvgIpc) is 3.17. The van der Waals surface area contributed by atoms with Gasteiger partial charge in [0.05, 0.1) is 24.0 Å². The number of benzene rings is 1. The highest BCUT2D eigenvalue weighted by Crippen LogP contribution is 2.33. The van der Waals surface area contributed by atoms with E-state index in [9.17, 15) is 4.79 Å². The fourth-order valence-corrected chi connectivity index (χ4v) is 3.53. The van der Waals surface area contributed by atoms with Crippen molar-refractivity contribution < 1.29 is 9.53 Å². The van der Waals surface area contributed by atoms with Gasteiger partial charge in [-0.1, -0.05) is 18.2 Å². The number of esters is 1. The second-order valence-corrected chi connectivity index (χ2v) is 6.07. The Morgan fingerprint density at radius 2 is 2.21 bits per heavy atom. The third-order valence-electron chi connectivity index (χ3n) is 4.59. The number of rotatable bonds is 3. The maximum absolute atomic E-state index is 12.3. The monoisotopic (exact) mass is 324 g/mol. The van der Waals surface area contributed by atoms with Crippen LogP contribution in [-0.2, 0) is 24.8 Å². The first-order valence-corrected chi connectivity index (χ1v) is 8.38. The molecule has 0 atom stereocenters. The van der Waals surface area contributed by atoms with Crippen molar-refractivity contribution in [3.05, 3.63) is 35.9 Å². The lowest BCUT2D eigenvalue weighted by Gasteiger charge is -2.17. The first-order valence-electron chi connectivity index (χ1n) is 8.38. The van der Waals surface area contributed by atoms with Crippen LogP contribution in [0.3, 0.4) is 0 Å². The molecule has 0 spiro atoms. The maximum Gasteiger partial charge on any atom is 0.374 e. The summed E-state index contributed by atoms with van der Waals surface area (Å²) in [6.45, 7) is 2.99. The predicted octanol–water partition coefficient (Wildman–Crippen LogP) is 2.95. The van der Waals surface area contributed by atoms with E-state index in [1.807, 2.05) is 41.5 Å². The summed E-state index contributed by atoms with van der Waals surface area (Å²) in [7, 11) is 1.93. The van der Waals surface area contributed by atoms with E-state index < -0.39 is 0 Å². The summed E-state index contributed by atoms with van der Waals surface area (Å²) in [5, 5.41) is 5.43. The van der Waals surface area contributed by atoms with Crippen molar-refractivity contribution in [2.45, 2.75) is 32.7 Å². The molecule has 6 heteroatoms. The molecule has 0 saturated carbocycles. The fraction of sp³-hybridized carbons (Fsp3) is 0.389. The van der Waals surface area contributed by atoms with E-state index in [4.69, 9.17) is 9.72 Å². The van der Waals surface area contributed by atoms with Gasteiger partial charge in [-0.2, -0.15) is 5.10 Å². The van der Waals surface area contributed by atoms with Crippen molar-refractivity contribution in [2.24, 2.45) is 7.05 Å². The number of aromatic nitrogens is 4. The second-order valence-electron chi connectivity index (χ2n) is 6.07. The lowest BCUT2D eigenvalue weighted by atomic mass is 10.0. The van der Waals surface area contributed by atoms with Gasteiger partial charge in [-0.15, -0.1) is 0 Å². The SMILES string of the molecule is CCOC(=O)c1nc(-c2cccc3cnn(C)c23)c2n1CCCC2. The number of nitrogens with zero attached hydrogens (tertiary/aromatic N) is 4. The van der Waals surface area contributed by atoms with Gasteiger partial charge in [0.15, 0.2) is 0 Å². The molecule has 1 aliphatic heterocycles. The second kappa shape index (κ2) is 5.78. The highest BCUT2D eigenvalue weighted by Gasteiger charge is 2.26. The zero-order valence-corrected chi connectivity index (χ0v) is 14.0. The molecule has 4 rings (SSSR count). The summed E-state index contributed by atoms with van der Waals surface area (Å²) in [6, 6.07) is 6.11. The van der Waals surface area contributed by atoms with Crippen LogP contribution in [-0.4, -0.2) is 31.9 Å². The summed E-state index contributed by atoms with van der Waals surface area (Å²) in [6.07, 6.45) is 4.96. The van der Waals surface area contributed by atoms with Crippen molar-refractivity contribution >= 4 is 16.9 Å². The standard InChI is InChI=1S/C18H20N4O2/c1-3-24-18(23)17-20-15(14-9-4-5-10-22(14)17)13-8-6-7-12-11-19-21(2)16(12)13/h6-8,11H,3-5,9-10H2,1-2H3. The Kier molecular flexibility index (Phi) is 3.59. The number of para-hydroxylation sites is 1. The summed E-state index contributed by atoms with van der Waals surface area (Å²) >= 11 is 0. The summed E-state index contributed by atoms with van der Waals surface area (Å²) in [5.41, 5.74) is 4.07. The lowest BCUT2D eigenvalue weighted by molar-refractivity contribution is 0.0505. The Labute approximate surface area is 140 Å². The number of hydrogen-bond donors (Lipinski definition) is 0. The molecular weight excluding hydrogens is 304 g/mol. The van der Waals surface area contributed by atoms with Gasteiger partial charge in [-0.25, -0.2) is 9.78 Å². The van der Waals surface area contributed by atoms with Gasteiger partial charge in [-0.05, 0) is 26.2 Å². The Hall–Kier alpha value is -2.63. The Morgan fingerprint density at radius 3 is 3.04 bits per heavy atom. The molecular formula is C18H20N4O2. The number of carbonyl (C=O) groups excluding carboxylic acids is 1. The average molecular weight is 324 g/mol. The zero-order valence-electron chi connectivity index (χ0n) is 14.0. The van der Waals surface area contributed by atoms with Crippen molar-refractivity contribution in [3.63, 3.8) is 0 Å². The molecule has 0 fully saturated rings. The van der Waals surface area contributed by atoms with Crippen LogP contribution in [0.25, 0.3) is 22.2 Å². The molecule has 0 aliphatic carbocycles. The third-order valence-corrected chi connectivity index (χ3v) is 4.59.